The lowest BCUT2D eigenvalue weighted by molar-refractivity contribution is -0.139. The number of carbonyl (C=O) groups is 2. The Bertz CT molecular complexity index is 1010. The van der Waals surface area contributed by atoms with Crippen LogP contribution >= 0.6 is 0 Å². The first-order valence-electron chi connectivity index (χ1n) is 11.9. The Kier molecular flexibility index (Phi) is 6.84. The first-order valence-corrected chi connectivity index (χ1v) is 11.9. The molecule has 0 aromatic heterocycles. The van der Waals surface area contributed by atoms with Gasteiger partial charge in [-0.2, -0.15) is 0 Å². The van der Waals surface area contributed by atoms with E-state index >= 15 is 0 Å². The first kappa shape index (κ1) is 23.4. The number of likely N-dealkylation sites (tertiary alicyclic amines) is 2. The Morgan fingerprint density at radius 2 is 1.88 bits per heavy atom. The fourth-order valence-corrected chi connectivity index (χ4v) is 5.53. The van der Waals surface area contributed by atoms with Gasteiger partial charge in [0, 0.05) is 19.1 Å². The summed E-state index contributed by atoms with van der Waals surface area (Å²) in [4.78, 5) is 29.5. The monoisotopic (exact) mass is 452 g/mol. The van der Waals surface area contributed by atoms with Crippen LogP contribution in [0.4, 0.5) is 4.39 Å². The Hall–Kier alpha value is -2.73. The zero-order valence-corrected chi connectivity index (χ0v) is 19.5. The molecule has 0 bridgehead atoms. The second-order valence-electron chi connectivity index (χ2n) is 10.1. The summed E-state index contributed by atoms with van der Waals surface area (Å²) in [7, 11) is 0. The van der Waals surface area contributed by atoms with Crippen molar-refractivity contribution in [2.75, 3.05) is 19.6 Å². The minimum absolute atomic E-state index is 0.0842. The molecule has 1 N–H and O–H groups in total. The van der Waals surface area contributed by atoms with E-state index in [2.05, 4.69) is 18.7 Å². The van der Waals surface area contributed by atoms with Crippen LogP contribution in [0.15, 0.2) is 48.5 Å². The number of benzene rings is 2. The molecule has 2 aromatic rings. The number of aromatic carboxylic acids is 1. The number of carboxylic acid groups (broad SMARTS) is 1. The summed E-state index contributed by atoms with van der Waals surface area (Å²) in [5.41, 5.74) is 1.72. The zero-order valence-electron chi connectivity index (χ0n) is 19.5. The molecule has 1 amide bonds. The van der Waals surface area contributed by atoms with Crippen molar-refractivity contribution in [3.63, 3.8) is 0 Å². The average molecular weight is 453 g/mol. The van der Waals surface area contributed by atoms with Crippen LogP contribution in [0.3, 0.4) is 0 Å². The van der Waals surface area contributed by atoms with Gasteiger partial charge in [0.1, 0.15) is 5.82 Å². The molecule has 0 aliphatic carbocycles. The molecular formula is C27H33FN2O3. The number of piperidine rings is 1. The molecule has 6 heteroatoms. The van der Waals surface area contributed by atoms with Crippen LogP contribution in [0.5, 0.6) is 0 Å². The molecule has 2 saturated heterocycles. The third-order valence-corrected chi connectivity index (χ3v) is 7.16. The molecule has 5 nitrogen and oxygen atoms in total. The van der Waals surface area contributed by atoms with Gasteiger partial charge in [0.15, 0.2) is 0 Å². The quantitative estimate of drug-likeness (QED) is 0.667. The molecule has 0 radical (unpaired) electrons. The predicted octanol–water partition coefficient (Wildman–Crippen LogP) is 4.61. The second-order valence-corrected chi connectivity index (χ2v) is 10.1. The van der Waals surface area contributed by atoms with Crippen molar-refractivity contribution in [2.45, 2.75) is 52.1 Å². The number of hydrogen-bond donors (Lipinski definition) is 1. The molecule has 0 saturated carbocycles. The number of carboxylic acids is 1. The van der Waals surface area contributed by atoms with E-state index in [0.717, 1.165) is 50.0 Å². The Morgan fingerprint density at radius 3 is 2.55 bits per heavy atom. The zero-order chi connectivity index (χ0) is 23.6. The maximum Gasteiger partial charge on any atom is 0.336 e. The summed E-state index contributed by atoms with van der Waals surface area (Å²) in [6, 6.07) is 13.9. The summed E-state index contributed by atoms with van der Waals surface area (Å²) >= 11 is 0. The number of rotatable bonds is 7. The molecule has 2 aromatic carbocycles. The SMILES string of the molecule is CC(C)CN1C(=O)C2(CCN(Cc3ccccc3C(=O)O)CC2)C[C@@H]1Cc1cccc(F)c1. The van der Waals surface area contributed by atoms with Crippen LogP contribution < -0.4 is 0 Å². The highest BCUT2D eigenvalue weighted by Gasteiger charge is 2.52. The van der Waals surface area contributed by atoms with E-state index in [1.807, 2.05) is 23.1 Å². The van der Waals surface area contributed by atoms with Crippen molar-refractivity contribution in [1.29, 1.82) is 0 Å². The van der Waals surface area contributed by atoms with Gasteiger partial charge in [-0.05, 0) is 74.0 Å². The highest BCUT2D eigenvalue weighted by Crippen LogP contribution is 2.45. The molecule has 1 atom stereocenters. The van der Waals surface area contributed by atoms with Crippen molar-refractivity contribution < 1.29 is 19.1 Å². The smallest absolute Gasteiger partial charge is 0.336 e. The maximum atomic E-state index is 13.8. The van der Waals surface area contributed by atoms with E-state index in [-0.39, 0.29) is 23.2 Å². The summed E-state index contributed by atoms with van der Waals surface area (Å²) in [5.74, 6) is -0.540. The van der Waals surface area contributed by atoms with Gasteiger partial charge in [-0.3, -0.25) is 9.69 Å². The van der Waals surface area contributed by atoms with E-state index in [4.69, 9.17) is 0 Å². The van der Waals surface area contributed by atoms with Crippen LogP contribution in [0, 0.1) is 17.2 Å². The fraction of sp³-hybridized carbons (Fsp3) is 0.481. The van der Waals surface area contributed by atoms with Gasteiger partial charge < -0.3 is 10.0 Å². The minimum atomic E-state index is -0.908. The van der Waals surface area contributed by atoms with Gasteiger partial charge in [0.2, 0.25) is 5.91 Å². The van der Waals surface area contributed by atoms with E-state index in [0.29, 0.717) is 24.4 Å². The van der Waals surface area contributed by atoms with Crippen LogP contribution in [-0.4, -0.2) is 52.5 Å². The van der Waals surface area contributed by atoms with E-state index < -0.39 is 5.97 Å². The van der Waals surface area contributed by atoms with Crippen molar-refractivity contribution in [1.82, 2.24) is 9.80 Å². The minimum Gasteiger partial charge on any atom is -0.478 e. The van der Waals surface area contributed by atoms with Gasteiger partial charge in [-0.25, -0.2) is 9.18 Å². The third-order valence-electron chi connectivity index (χ3n) is 7.16. The fourth-order valence-electron chi connectivity index (χ4n) is 5.53. The summed E-state index contributed by atoms with van der Waals surface area (Å²) in [6.45, 7) is 7.08. The average Bonchev–Trinajstić information content (AvgIpc) is 3.01. The largest absolute Gasteiger partial charge is 0.478 e. The van der Waals surface area contributed by atoms with E-state index in [1.165, 1.54) is 6.07 Å². The highest BCUT2D eigenvalue weighted by molar-refractivity contribution is 5.89. The Morgan fingerprint density at radius 1 is 1.15 bits per heavy atom. The van der Waals surface area contributed by atoms with E-state index in [9.17, 15) is 19.1 Å². The normalized spacial score (nSPS) is 20.7. The lowest BCUT2D eigenvalue weighted by Crippen LogP contribution is -2.45. The van der Waals surface area contributed by atoms with Gasteiger partial charge in [0.05, 0.1) is 11.0 Å². The molecular weight excluding hydrogens is 419 g/mol. The second kappa shape index (κ2) is 9.64. The van der Waals surface area contributed by atoms with Crippen molar-refractivity contribution in [3.05, 3.63) is 71.0 Å². The van der Waals surface area contributed by atoms with Gasteiger partial charge in [-0.15, -0.1) is 0 Å². The number of hydrogen-bond acceptors (Lipinski definition) is 3. The van der Waals surface area contributed by atoms with Gasteiger partial charge in [-0.1, -0.05) is 44.2 Å². The Balaban J connectivity index is 1.47. The van der Waals surface area contributed by atoms with Crippen LogP contribution in [0.1, 0.15) is 54.6 Å². The predicted molar refractivity (Wildman–Crippen MR) is 125 cm³/mol. The molecule has 2 heterocycles. The molecule has 2 aliphatic rings. The topological polar surface area (TPSA) is 60.9 Å². The molecule has 2 fully saturated rings. The summed E-state index contributed by atoms with van der Waals surface area (Å²) in [6.07, 6.45) is 3.02. The van der Waals surface area contributed by atoms with Crippen molar-refractivity contribution >= 4 is 11.9 Å². The summed E-state index contributed by atoms with van der Waals surface area (Å²) in [5, 5.41) is 9.47. The number of carbonyl (C=O) groups excluding carboxylic acids is 1. The van der Waals surface area contributed by atoms with Crippen molar-refractivity contribution in [3.8, 4) is 0 Å². The van der Waals surface area contributed by atoms with Crippen LogP contribution in [-0.2, 0) is 17.8 Å². The number of amides is 1. The third kappa shape index (κ3) is 5.11. The van der Waals surface area contributed by atoms with Crippen LogP contribution in [0.2, 0.25) is 0 Å². The molecule has 0 unspecified atom stereocenters. The first-order chi connectivity index (χ1) is 15.8. The van der Waals surface area contributed by atoms with Gasteiger partial charge >= 0.3 is 5.97 Å². The lowest BCUT2D eigenvalue weighted by atomic mass is 9.75. The molecule has 176 valence electrons. The number of nitrogens with zero attached hydrogens (tertiary/aromatic N) is 2. The molecule has 2 aliphatic heterocycles. The lowest BCUT2D eigenvalue weighted by Gasteiger charge is -2.38. The summed E-state index contributed by atoms with van der Waals surface area (Å²) < 4.78 is 13.8. The molecule has 33 heavy (non-hydrogen) atoms. The molecule has 4 rings (SSSR count). The van der Waals surface area contributed by atoms with Crippen LogP contribution in [0.25, 0.3) is 0 Å². The van der Waals surface area contributed by atoms with Crippen molar-refractivity contribution in [2.24, 2.45) is 11.3 Å². The standard InChI is InChI=1S/C27H33FN2O3/c1-19(2)17-30-23(15-20-6-5-8-22(28)14-20)16-27(26(30)33)10-12-29(13-11-27)18-21-7-3-4-9-24(21)25(31)32/h3-9,14,19,23H,10-13,15-18H2,1-2H3,(H,31,32)/t23-/m0/s1. The van der Waals surface area contributed by atoms with Gasteiger partial charge in [0.25, 0.3) is 0 Å². The molecule has 1 spiro atoms. The number of halogens is 1. The van der Waals surface area contributed by atoms with E-state index in [1.54, 1.807) is 24.3 Å². The maximum absolute atomic E-state index is 13.8. The Labute approximate surface area is 195 Å². The highest BCUT2D eigenvalue weighted by atomic mass is 19.1.